The normalized spacial score (nSPS) is 24.2. The largest absolute Gasteiger partial charge is 0.353 e. The van der Waals surface area contributed by atoms with Crippen molar-refractivity contribution >= 4 is 11.8 Å². The minimum Gasteiger partial charge on any atom is -0.353 e. The van der Waals surface area contributed by atoms with Crippen LogP contribution in [-0.2, 0) is 9.47 Å². The molecule has 0 aromatic rings. The number of ether oxygens (including phenoxy) is 2. The van der Waals surface area contributed by atoms with Gasteiger partial charge in [0.1, 0.15) is 4.75 Å². The fraction of sp³-hybridized carbons (Fsp3) is 0.875. The van der Waals surface area contributed by atoms with Gasteiger partial charge in [0.25, 0.3) is 0 Å². The molecule has 0 atom stereocenters. The number of rotatable bonds is 3. The molecule has 0 saturated heterocycles. The molecule has 12 heavy (non-hydrogen) atoms. The van der Waals surface area contributed by atoms with Crippen LogP contribution in [0, 0.1) is 11.3 Å². The zero-order chi connectivity index (χ0) is 9.24. The molecule has 0 unspecified atom stereocenters. The fourth-order valence-electron chi connectivity index (χ4n) is 1.46. The molecule has 0 bridgehead atoms. The highest BCUT2D eigenvalue weighted by Gasteiger charge is 2.56. The molecular weight excluding hydrogens is 174 g/mol. The van der Waals surface area contributed by atoms with Gasteiger partial charge >= 0.3 is 0 Å². The minimum atomic E-state index is -0.501. The molecule has 3 nitrogen and oxygen atoms in total. The van der Waals surface area contributed by atoms with Crippen LogP contribution in [0.15, 0.2) is 0 Å². The Hall–Kier alpha value is -0.240. The van der Waals surface area contributed by atoms with Gasteiger partial charge in [0.05, 0.1) is 6.07 Å². The molecule has 0 aromatic heterocycles. The molecule has 0 heterocycles. The Morgan fingerprint density at radius 1 is 1.33 bits per heavy atom. The molecule has 0 aromatic carbocycles. The summed E-state index contributed by atoms with van der Waals surface area (Å²) in [6.07, 6.45) is 3.26. The highest BCUT2D eigenvalue weighted by Crippen LogP contribution is 2.51. The molecule has 1 saturated carbocycles. The molecule has 1 aliphatic carbocycles. The molecule has 0 spiro atoms. The lowest BCUT2D eigenvalue weighted by Gasteiger charge is -2.49. The third kappa shape index (κ3) is 1.33. The van der Waals surface area contributed by atoms with Crippen LogP contribution < -0.4 is 0 Å². The van der Waals surface area contributed by atoms with Gasteiger partial charge in [0.2, 0.25) is 0 Å². The Morgan fingerprint density at radius 2 is 1.83 bits per heavy atom. The van der Waals surface area contributed by atoms with Crippen LogP contribution in [0.25, 0.3) is 0 Å². The van der Waals surface area contributed by atoms with Gasteiger partial charge in [-0.25, -0.2) is 0 Å². The van der Waals surface area contributed by atoms with Gasteiger partial charge in [-0.3, -0.25) is 0 Å². The molecule has 0 aliphatic heterocycles. The number of thioether (sulfide) groups is 1. The van der Waals surface area contributed by atoms with Gasteiger partial charge < -0.3 is 9.47 Å². The maximum atomic E-state index is 8.88. The van der Waals surface area contributed by atoms with Crippen LogP contribution in [0.2, 0.25) is 0 Å². The molecule has 1 aliphatic rings. The summed E-state index contributed by atoms with van der Waals surface area (Å²) in [5.74, 6) is -0.501. The van der Waals surface area contributed by atoms with Crippen molar-refractivity contribution < 1.29 is 9.47 Å². The highest BCUT2D eigenvalue weighted by atomic mass is 32.2. The predicted octanol–water partition coefficient (Wildman–Crippen LogP) is 1.39. The zero-order valence-corrected chi connectivity index (χ0v) is 8.40. The van der Waals surface area contributed by atoms with E-state index in [2.05, 4.69) is 6.07 Å². The lowest BCUT2D eigenvalue weighted by Crippen LogP contribution is -2.56. The first-order valence-electron chi connectivity index (χ1n) is 3.72. The van der Waals surface area contributed by atoms with Gasteiger partial charge in [-0.15, -0.1) is 11.8 Å². The van der Waals surface area contributed by atoms with Gasteiger partial charge in [0, 0.05) is 27.1 Å². The molecule has 0 N–H and O–H groups in total. The van der Waals surface area contributed by atoms with E-state index in [0.717, 1.165) is 0 Å². The Kier molecular flexibility index (Phi) is 2.67. The van der Waals surface area contributed by atoms with Crippen molar-refractivity contribution in [3.8, 4) is 6.07 Å². The molecule has 1 fully saturated rings. The fourth-order valence-corrected chi connectivity index (χ4v) is 2.28. The van der Waals surface area contributed by atoms with E-state index < -0.39 is 5.79 Å². The summed E-state index contributed by atoms with van der Waals surface area (Å²) >= 11 is 1.57. The van der Waals surface area contributed by atoms with Crippen molar-refractivity contribution in [2.24, 2.45) is 0 Å². The summed E-state index contributed by atoms with van der Waals surface area (Å²) in [5.41, 5.74) is 0. The molecule has 4 heteroatoms. The lowest BCUT2D eigenvalue weighted by atomic mass is 9.78. The van der Waals surface area contributed by atoms with E-state index in [0.29, 0.717) is 12.8 Å². The van der Waals surface area contributed by atoms with E-state index in [1.807, 2.05) is 6.26 Å². The van der Waals surface area contributed by atoms with E-state index in [1.165, 1.54) is 0 Å². The Bertz CT molecular complexity index is 200. The average Bonchev–Trinajstić information content (AvgIpc) is 2.07. The lowest BCUT2D eigenvalue weighted by molar-refractivity contribution is -0.255. The van der Waals surface area contributed by atoms with E-state index in [4.69, 9.17) is 14.7 Å². The number of hydrogen-bond donors (Lipinski definition) is 0. The Balaban J connectivity index is 2.60. The van der Waals surface area contributed by atoms with Crippen molar-refractivity contribution in [1.29, 1.82) is 5.26 Å². The van der Waals surface area contributed by atoms with Crippen LogP contribution >= 0.6 is 11.8 Å². The number of nitrogens with zero attached hydrogens (tertiary/aromatic N) is 1. The minimum absolute atomic E-state index is 0.286. The first kappa shape index (κ1) is 9.85. The van der Waals surface area contributed by atoms with Crippen molar-refractivity contribution in [2.45, 2.75) is 23.4 Å². The molecule has 68 valence electrons. The summed E-state index contributed by atoms with van der Waals surface area (Å²) in [6, 6.07) is 2.29. The van der Waals surface area contributed by atoms with Gasteiger partial charge in [-0.2, -0.15) is 5.26 Å². The van der Waals surface area contributed by atoms with E-state index in [1.54, 1.807) is 26.0 Å². The van der Waals surface area contributed by atoms with Crippen LogP contribution in [-0.4, -0.2) is 31.0 Å². The maximum Gasteiger partial charge on any atom is 0.172 e. The number of nitriles is 1. The van der Waals surface area contributed by atoms with Crippen LogP contribution in [0.4, 0.5) is 0 Å². The first-order chi connectivity index (χ1) is 5.66. The summed E-state index contributed by atoms with van der Waals surface area (Å²) in [7, 11) is 3.23. The quantitative estimate of drug-likeness (QED) is 0.626. The maximum absolute atomic E-state index is 8.88. The Labute approximate surface area is 77.0 Å². The second-order valence-corrected chi connectivity index (χ2v) is 4.17. The van der Waals surface area contributed by atoms with Crippen LogP contribution in [0.5, 0.6) is 0 Å². The SMILES string of the molecule is COC1(OC)CC(C#N)(SC)C1. The van der Waals surface area contributed by atoms with Crippen LogP contribution in [0.1, 0.15) is 12.8 Å². The van der Waals surface area contributed by atoms with Gasteiger partial charge in [-0.05, 0) is 6.26 Å². The molecule has 1 rings (SSSR count). The molecule has 0 radical (unpaired) electrons. The summed E-state index contributed by atoms with van der Waals surface area (Å²) in [6.45, 7) is 0. The van der Waals surface area contributed by atoms with Crippen molar-refractivity contribution in [2.75, 3.05) is 20.5 Å². The number of hydrogen-bond acceptors (Lipinski definition) is 4. The van der Waals surface area contributed by atoms with Crippen LogP contribution in [0.3, 0.4) is 0 Å². The summed E-state index contributed by atoms with van der Waals surface area (Å²) in [4.78, 5) is 0. The topological polar surface area (TPSA) is 42.2 Å². The number of methoxy groups -OCH3 is 2. The van der Waals surface area contributed by atoms with Gasteiger partial charge in [-0.1, -0.05) is 0 Å². The average molecular weight is 187 g/mol. The first-order valence-corrected chi connectivity index (χ1v) is 4.95. The van der Waals surface area contributed by atoms with Gasteiger partial charge in [0.15, 0.2) is 5.79 Å². The summed E-state index contributed by atoms with van der Waals surface area (Å²) < 4.78 is 10.1. The van der Waals surface area contributed by atoms with Crippen molar-refractivity contribution in [1.82, 2.24) is 0 Å². The molecular formula is C8H13NO2S. The predicted molar refractivity (Wildman–Crippen MR) is 47.8 cm³/mol. The van der Waals surface area contributed by atoms with E-state index in [-0.39, 0.29) is 4.75 Å². The zero-order valence-electron chi connectivity index (χ0n) is 7.59. The third-order valence-corrected chi connectivity index (χ3v) is 3.61. The standard InChI is InChI=1S/C8H13NO2S/c1-10-8(11-2)4-7(5-8,6-9)12-3/h4-5H2,1-3H3. The second-order valence-electron chi connectivity index (χ2n) is 2.98. The van der Waals surface area contributed by atoms with E-state index >= 15 is 0 Å². The third-order valence-electron chi connectivity index (χ3n) is 2.45. The van der Waals surface area contributed by atoms with Crippen molar-refractivity contribution in [3.63, 3.8) is 0 Å². The molecule has 0 amide bonds. The van der Waals surface area contributed by atoms with Crippen molar-refractivity contribution in [3.05, 3.63) is 0 Å². The Morgan fingerprint density at radius 3 is 2.08 bits per heavy atom. The summed E-state index contributed by atoms with van der Waals surface area (Å²) in [5, 5.41) is 8.88. The second kappa shape index (κ2) is 3.25. The highest BCUT2D eigenvalue weighted by molar-refractivity contribution is 8.00. The smallest absolute Gasteiger partial charge is 0.172 e. The monoisotopic (exact) mass is 187 g/mol. The van der Waals surface area contributed by atoms with E-state index in [9.17, 15) is 0 Å².